The Bertz CT molecular complexity index is 312. The van der Waals surface area contributed by atoms with Crippen LogP contribution in [0.25, 0.3) is 0 Å². The summed E-state index contributed by atoms with van der Waals surface area (Å²) in [4.78, 5) is 15.1. The van der Waals surface area contributed by atoms with Crippen LogP contribution in [0.1, 0.15) is 21.6 Å². The van der Waals surface area contributed by atoms with E-state index < -0.39 is 0 Å². The lowest BCUT2D eigenvalue weighted by atomic mass is 10.2. The molecule has 0 bridgehead atoms. The molecule has 1 heterocycles. The quantitative estimate of drug-likeness (QED) is 0.593. The van der Waals surface area contributed by atoms with Crippen molar-refractivity contribution in [1.29, 1.82) is 0 Å². The van der Waals surface area contributed by atoms with Crippen LogP contribution in [0.3, 0.4) is 0 Å². The van der Waals surface area contributed by atoms with E-state index in [1.165, 1.54) is 22.8 Å². The van der Waals surface area contributed by atoms with Crippen LogP contribution in [0.15, 0.2) is 12.3 Å². The second-order valence-electron chi connectivity index (χ2n) is 2.56. The molecule has 3 nitrogen and oxygen atoms in total. The van der Waals surface area contributed by atoms with E-state index in [0.717, 1.165) is 11.3 Å². The maximum absolute atomic E-state index is 11.0. The third-order valence-electron chi connectivity index (χ3n) is 1.71. The fourth-order valence-corrected chi connectivity index (χ4v) is 1.00. The number of carbonyl (C=O) groups is 1. The molecule has 0 amide bonds. The van der Waals surface area contributed by atoms with Crippen LogP contribution in [0, 0.1) is 13.8 Å². The Morgan fingerprint density at radius 3 is 2.75 bits per heavy atom. The van der Waals surface area contributed by atoms with E-state index in [4.69, 9.17) is 0 Å². The Hall–Kier alpha value is -0.848. The minimum absolute atomic E-state index is 0.330. The van der Waals surface area contributed by atoms with Crippen LogP contribution >= 0.6 is 0 Å². The number of aromatic nitrogens is 1. The molecule has 0 unspecified atom stereocenters. The molecule has 4 heteroatoms. The lowest BCUT2D eigenvalue weighted by molar-refractivity contribution is 0.0749. The standard InChI is InChI=1S/C8H9NO2.Al.H/c1-5-3-7(8(10)11)4-9-6(5)2;;/h3-4H,1-2H3,(H,10,11);;/q;+1;/p-1. The molecule has 1 radical (unpaired) electrons. The normalized spacial score (nSPS) is 9.50. The molecule has 12 heavy (non-hydrogen) atoms. The van der Waals surface area contributed by atoms with Crippen molar-refractivity contribution in [3.8, 4) is 0 Å². The van der Waals surface area contributed by atoms with Crippen LogP contribution in [0.4, 0.5) is 0 Å². The molecule has 0 atom stereocenters. The number of pyridine rings is 1. The summed E-state index contributed by atoms with van der Waals surface area (Å²) >= 11 is 1.17. The molecule has 0 spiro atoms. The van der Waals surface area contributed by atoms with Crippen LogP contribution in [0.2, 0.25) is 0 Å². The highest BCUT2D eigenvalue weighted by Crippen LogP contribution is 2.06. The highest BCUT2D eigenvalue weighted by molar-refractivity contribution is 6.09. The van der Waals surface area contributed by atoms with E-state index in [2.05, 4.69) is 8.77 Å². The number of hydrogen-bond acceptors (Lipinski definition) is 3. The summed E-state index contributed by atoms with van der Waals surface area (Å²) in [7, 11) is 0. The van der Waals surface area contributed by atoms with Crippen LogP contribution in [-0.4, -0.2) is 27.6 Å². The van der Waals surface area contributed by atoms with E-state index in [9.17, 15) is 4.79 Å². The van der Waals surface area contributed by atoms with E-state index in [0.29, 0.717) is 5.56 Å². The Morgan fingerprint density at radius 2 is 2.25 bits per heavy atom. The van der Waals surface area contributed by atoms with Crippen molar-refractivity contribution in [2.45, 2.75) is 13.8 Å². The van der Waals surface area contributed by atoms with Crippen LogP contribution in [0.5, 0.6) is 0 Å². The van der Waals surface area contributed by atoms with Gasteiger partial charge in [0.05, 0.1) is 5.56 Å². The molecule has 1 rings (SSSR count). The average Bonchev–Trinajstić information content (AvgIpc) is 2.08. The Morgan fingerprint density at radius 1 is 1.58 bits per heavy atom. The maximum Gasteiger partial charge on any atom is 0.497 e. The van der Waals surface area contributed by atoms with Crippen molar-refractivity contribution in [2.24, 2.45) is 0 Å². The van der Waals surface area contributed by atoms with Gasteiger partial charge in [0, 0.05) is 11.9 Å². The molecule has 0 aliphatic carbocycles. The third kappa shape index (κ3) is 1.85. The molecule has 0 saturated heterocycles. The van der Waals surface area contributed by atoms with E-state index in [-0.39, 0.29) is 5.97 Å². The number of hydrogen-bond donors (Lipinski definition) is 0. The predicted molar refractivity (Wildman–Crippen MR) is 46.3 cm³/mol. The van der Waals surface area contributed by atoms with Crippen molar-refractivity contribution in [3.63, 3.8) is 0 Å². The molecule has 0 saturated carbocycles. The van der Waals surface area contributed by atoms with Gasteiger partial charge in [-0.2, -0.15) is 0 Å². The molecule has 61 valence electrons. The van der Waals surface area contributed by atoms with Gasteiger partial charge >= 0.3 is 22.6 Å². The second kappa shape index (κ2) is 3.70. The summed E-state index contributed by atoms with van der Waals surface area (Å²) in [6.45, 7) is 3.81. The fraction of sp³-hybridized carbons (Fsp3) is 0.250. The van der Waals surface area contributed by atoms with Gasteiger partial charge in [-0.15, -0.1) is 0 Å². The maximum atomic E-state index is 11.0. The summed E-state index contributed by atoms with van der Waals surface area (Å²) in [6.07, 6.45) is 1.53. The molecule has 0 fully saturated rings. The molecule has 1 aromatic rings. The number of rotatable bonds is 1. The molecular weight excluding hydrogens is 169 g/mol. The van der Waals surface area contributed by atoms with Crippen molar-refractivity contribution in [2.75, 3.05) is 0 Å². The highest BCUT2D eigenvalue weighted by Gasteiger charge is 2.04. The van der Waals surface area contributed by atoms with Gasteiger partial charge in [0.15, 0.2) is 0 Å². The van der Waals surface area contributed by atoms with E-state index in [1.807, 2.05) is 13.8 Å². The summed E-state index contributed by atoms with van der Waals surface area (Å²) in [5.74, 6) is -0.330. The van der Waals surface area contributed by atoms with Gasteiger partial charge in [-0.25, -0.2) is 4.79 Å². The lowest BCUT2D eigenvalue weighted by Crippen LogP contribution is -2.03. The minimum atomic E-state index is -0.330. The summed E-state index contributed by atoms with van der Waals surface area (Å²) < 4.78 is 4.58. The van der Waals surface area contributed by atoms with Crippen LogP contribution in [-0.2, 0) is 3.79 Å². The molecular formula is C8H9AlNO2. The van der Waals surface area contributed by atoms with Gasteiger partial charge in [-0.3, -0.25) is 4.98 Å². The number of nitrogens with zero attached hydrogens (tertiary/aromatic N) is 1. The second-order valence-corrected chi connectivity index (χ2v) is 2.85. The smallest absolute Gasteiger partial charge is 0.497 e. The van der Waals surface area contributed by atoms with Crippen molar-refractivity contribution < 1.29 is 8.58 Å². The third-order valence-corrected chi connectivity index (χ3v) is 1.97. The Labute approximate surface area is 79.5 Å². The van der Waals surface area contributed by atoms with Gasteiger partial charge in [0.25, 0.3) is 0 Å². The summed E-state index contributed by atoms with van der Waals surface area (Å²) in [5, 5.41) is 0. The zero-order valence-electron chi connectivity index (χ0n) is 7.13. The van der Waals surface area contributed by atoms with E-state index in [1.54, 1.807) is 6.07 Å². The lowest BCUT2D eigenvalue weighted by Gasteiger charge is -2.03. The Kier molecular flexibility index (Phi) is 2.85. The average molecular weight is 178 g/mol. The van der Waals surface area contributed by atoms with Gasteiger partial charge in [-0.1, -0.05) is 0 Å². The zero-order valence-corrected chi connectivity index (χ0v) is 8.54. The van der Waals surface area contributed by atoms with Gasteiger partial charge < -0.3 is 3.79 Å². The van der Waals surface area contributed by atoms with Gasteiger partial charge in [0.1, 0.15) is 0 Å². The molecule has 0 aromatic carbocycles. The summed E-state index contributed by atoms with van der Waals surface area (Å²) in [6, 6.07) is 1.78. The van der Waals surface area contributed by atoms with Gasteiger partial charge in [-0.05, 0) is 25.5 Å². The zero-order chi connectivity index (χ0) is 9.14. The fourth-order valence-electron chi connectivity index (χ4n) is 0.838. The van der Waals surface area contributed by atoms with Crippen molar-refractivity contribution in [1.82, 2.24) is 4.98 Å². The first kappa shape index (κ1) is 9.24. The topological polar surface area (TPSA) is 39.2 Å². The molecule has 0 aliphatic heterocycles. The predicted octanol–water partition coefficient (Wildman–Crippen LogP) is 0.671. The first-order valence-corrected chi connectivity index (χ1v) is 4.12. The van der Waals surface area contributed by atoms with Gasteiger partial charge in [0.2, 0.25) is 0 Å². The molecule has 0 aliphatic rings. The van der Waals surface area contributed by atoms with Crippen molar-refractivity contribution in [3.05, 3.63) is 29.1 Å². The minimum Gasteiger partial charge on any atom is -0.621 e. The number of carbonyl (C=O) groups excluding carboxylic acids is 1. The van der Waals surface area contributed by atoms with Crippen LogP contribution < -0.4 is 0 Å². The first-order valence-electron chi connectivity index (χ1n) is 3.54. The monoisotopic (exact) mass is 178 g/mol. The largest absolute Gasteiger partial charge is 0.621 e. The molecule has 0 N–H and O–H groups in total. The summed E-state index contributed by atoms with van der Waals surface area (Å²) in [5.41, 5.74) is 2.44. The first-order chi connectivity index (χ1) is 5.65. The Balaban J connectivity index is 3.05. The SMILES string of the molecule is Cc1cc(C(=O)[O][AlH])cnc1C. The van der Waals surface area contributed by atoms with E-state index >= 15 is 0 Å². The van der Waals surface area contributed by atoms with Crippen molar-refractivity contribution >= 4 is 22.6 Å². The number of aryl methyl sites for hydroxylation is 2. The molecule has 1 aromatic heterocycles. The highest BCUT2D eigenvalue weighted by atomic mass is 27.1.